The number of carbonyl (C=O) groups is 1. The Morgan fingerprint density at radius 2 is 2.42 bits per heavy atom. The van der Waals surface area contributed by atoms with E-state index in [2.05, 4.69) is 10.3 Å². The summed E-state index contributed by atoms with van der Waals surface area (Å²) in [4.78, 5) is 15.8. The Morgan fingerprint density at radius 3 is 3.00 bits per heavy atom. The van der Waals surface area contributed by atoms with Crippen LogP contribution in [0.25, 0.3) is 0 Å². The summed E-state index contributed by atoms with van der Waals surface area (Å²) in [5.74, 6) is 0.556. The van der Waals surface area contributed by atoms with E-state index in [1.807, 2.05) is 17.0 Å². The summed E-state index contributed by atoms with van der Waals surface area (Å²) < 4.78 is 2.04. The molecule has 1 saturated carbocycles. The fraction of sp³-hybridized carbons (Fsp3) is 0.692. The van der Waals surface area contributed by atoms with Gasteiger partial charge in [0.2, 0.25) is 5.91 Å². The highest BCUT2D eigenvalue weighted by atomic mass is 32.2. The van der Waals surface area contributed by atoms with Crippen molar-refractivity contribution in [3.05, 3.63) is 18.7 Å². The van der Waals surface area contributed by atoms with Crippen LogP contribution in [0, 0.1) is 5.41 Å². The van der Waals surface area contributed by atoms with Crippen molar-refractivity contribution in [3.8, 4) is 0 Å². The molecule has 0 bridgehead atoms. The van der Waals surface area contributed by atoms with Gasteiger partial charge in [-0.05, 0) is 31.3 Å². The number of hydrogen-bond donors (Lipinski definition) is 2. The van der Waals surface area contributed by atoms with Crippen LogP contribution in [0.2, 0.25) is 0 Å². The number of hydrogen-bond acceptors (Lipinski definition) is 4. The molecule has 6 heteroatoms. The molecule has 1 fully saturated rings. The Balaban J connectivity index is 1.74. The molecule has 0 aliphatic heterocycles. The number of rotatable bonds is 8. The van der Waals surface area contributed by atoms with Crippen molar-refractivity contribution in [1.29, 1.82) is 0 Å². The minimum Gasteiger partial charge on any atom is -0.383 e. The highest BCUT2D eigenvalue weighted by molar-refractivity contribution is 7.98. The van der Waals surface area contributed by atoms with Crippen LogP contribution in [-0.2, 0) is 11.3 Å². The van der Waals surface area contributed by atoms with E-state index >= 15 is 0 Å². The lowest BCUT2D eigenvalue weighted by Gasteiger charge is -2.18. The Kier molecular flexibility index (Phi) is 4.87. The SMILES string of the molecule is CSCCC(O)C(=O)NCC1(Cn2ccnc2)CC1. The van der Waals surface area contributed by atoms with E-state index in [1.165, 1.54) is 0 Å². The summed E-state index contributed by atoms with van der Waals surface area (Å²) in [6, 6.07) is 0. The van der Waals surface area contributed by atoms with Gasteiger partial charge in [0.1, 0.15) is 6.10 Å². The Labute approximate surface area is 117 Å². The van der Waals surface area contributed by atoms with E-state index in [0.29, 0.717) is 13.0 Å². The first-order chi connectivity index (χ1) is 9.15. The summed E-state index contributed by atoms with van der Waals surface area (Å²) in [7, 11) is 0. The monoisotopic (exact) mass is 283 g/mol. The van der Waals surface area contributed by atoms with Crippen molar-refractivity contribution < 1.29 is 9.90 Å². The third kappa shape index (κ3) is 4.24. The first kappa shape index (κ1) is 14.4. The Morgan fingerprint density at radius 1 is 1.63 bits per heavy atom. The minimum absolute atomic E-state index is 0.162. The molecule has 1 amide bonds. The van der Waals surface area contributed by atoms with Gasteiger partial charge in [-0.1, -0.05) is 0 Å². The van der Waals surface area contributed by atoms with Crippen LogP contribution < -0.4 is 5.32 Å². The summed E-state index contributed by atoms with van der Waals surface area (Å²) in [6.45, 7) is 1.52. The van der Waals surface area contributed by atoms with Crippen LogP contribution in [-0.4, -0.2) is 45.2 Å². The molecular weight excluding hydrogens is 262 g/mol. The molecule has 106 valence electrons. The van der Waals surface area contributed by atoms with Gasteiger partial charge in [-0.3, -0.25) is 4.79 Å². The molecular formula is C13H21N3O2S. The normalized spacial score (nSPS) is 18.0. The molecule has 19 heavy (non-hydrogen) atoms. The highest BCUT2D eigenvalue weighted by Crippen LogP contribution is 2.46. The van der Waals surface area contributed by atoms with E-state index in [4.69, 9.17) is 0 Å². The van der Waals surface area contributed by atoms with E-state index in [0.717, 1.165) is 25.1 Å². The molecule has 2 rings (SSSR count). The number of imidazole rings is 1. The molecule has 0 radical (unpaired) electrons. The lowest BCUT2D eigenvalue weighted by Crippen LogP contribution is -2.39. The first-order valence-electron chi connectivity index (χ1n) is 6.56. The summed E-state index contributed by atoms with van der Waals surface area (Å²) in [5.41, 5.74) is 0.162. The molecule has 2 N–H and O–H groups in total. The number of nitrogens with zero attached hydrogens (tertiary/aromatic N) is 2. The number of nitrogens with one attached hydrogen (secondary N) is 1. The van der Waals surface area contributed by atoms with Crippen LogP contribution in [0.5, 0.6) is 0 Å². The van der Waals surface area contributed by atoms with Crippen LogP contribution in [0.4, 0.5) is 0 Å². The zero-order valence-electron chi connectivity index (χ0n) is 11.2. The molecule has 1 aromatic heterocycles. The predicted molar refractivity (Wildman–Crippen MR) is 75.9 cm³/mol. The van der Waals surface area contributed by atoms with Crippen molar-refractivity contribution >= 4 is 17.7 Å². The number of amides is 1. The lowest BCUT2D eigenvalue weighted by molar-refractivity contribution is -0.129. The second-order valence-electron chi connectivity index (χ2n) is 5.25. The second-order valence-corrected chi connectivity index (χ2v) is 6.24. The van der Waals surface area contributed by atoms with Crippen molar-refractivity contribution in [2.75, 3.05) is 18.6 Å². The molecule has 1 heterocycles. The van der Waals surface area contributed by atoms with Crippen LogP contribution in [0.1, 0.15) is 19.3 Å². The zero-order chi connectivity index (χ0) is 13.7. The average Bonchev–Trinajstić information content (AvgIpc) is 2.98. The van der Waals surface area contributed by atoms with Gasteiger partial charge in [0, 0.05) is 30.9 Å². The molecule has 1 atom stereocenters. The summed E-state index contributed by atoms with van der Waals surface area (Å²) >= 11 is 1.64. The number of carbonyl (C=O) groups excluding carboxylic acids is 1. The lowest BCUT2D eigenvalue weighted by atomic mass is 10.1. The molecule has 1 aliphatic carbocycles. The molecule has 1 aliphatic rings. The number of thioether (sulfide) groups is 1. The fourth-order valence-electron chi connectivity index (χ4n) is 2.09. The standard InChI is InChI=1S/C13H21N3O2S/c1-19-7-2-11(17)12(18)15-8-13(3-4-13)9-16-6-5-14-10-16/h5-6,10-11,17H,2-4,7-9H2,1H3,(H,15,18). The van der Waals surface area contributed by atoms with Gasteiger partial charge in [0.15, 0.2) is 0 Å². The van der Waals surface area contributed by atoms with Crippen LogP contribution >= 0.6 is 11.8 Å². The van der Waals surface area contributed by atoms with E-state index in [9.17, 15) is 9.90 Å². The molecule has 1 unspecified atom stereocenters. The van der Waals surface area contributed by atoms with Crippen molar-refractivity contribution in [2.24, 2.45) is 5.41 Å². The van der Waals surface area contributed by atoms with Gasteiger partial charge in [-0.25, -0.2) is 4.98 Å². The van der Waals surface area contributed by atoms with Crippen molar-refractivity contribution in [3.63, 3.8) is 0 Å². The topological polar surface area (TPSA) is 67.2 Å². The molecule has 0 saturated heterocycles. The maximum atomic E-state index is 11.7. The van der Waals surface area contributed by atoms with Crippen LogP contribution in [0.15, 0.2) is 18.7 Å². The van der Waals surface area contributed by atoms with Gasteiger partial charge in [0.05, 0.1) is 6.33 Å². The summed E-state index contributed by atoms with van der Waals surface area (Å²) in [6.07, 6.45) is 9.34. The second kappa shape index (κ2) is 6.43. The maximum Gasteiger partial charge on any atom is 0.248 e. The first-order valence-corrected chi connectivity index (χ1v) is 7.95. The molecule has 0 spiro atoms. The average molecular weight is 283 g/mol. The van der Waals surface area contributed by atoms with Gasteiger partial charge < -0.3 is 15.0 Å². The maximum absolute atomic E-state index is 11.7. The van der Waals surface area contributed by atoms with E-state index < -0.39 is 6.10 Å². The van der Waals surface area contributed by atoms with Gasteiger partial charge in [-0.15, -0.1) is 0 Å². The quantitative estimate of drug-likeness (QED) is 0.743. The predicted octanol–water partition coefficient (Wildman–Crippen LogP) is 0.893. The van der Waals surface area contributed by atoms with Gasteiger partial charge >= 0.3 is 0 Å². The van der Waals surface area contributed by atoms with Crippen molar-refractivity contribution in [2.45, 2.75) is 31.9 Å². The summed E-state index contributed by atoms with van der Waals surface area (Å²) in [5, 5.41) is 12.6. The molecule has 0 aromatic carbocycles. The molecule has 5 nitrogen and oxygen atoms in total. The fourth-order valence-corrected chi connectivity index (χ4v) is 2.55. The van der Waals surface area contributed by atoms with E-state index in [-0.39, 0.29) is 11.3 Å². The third-order valence-corrected chi connectivity index (χ3v) is 4.21. The van der Waals surface area contributed by atoms with E-state index in [1.54, 1.807) is 24.3 Å². The number of aliphatic hydroxyl groups is 1. The highest BCUT2D eigenvalue weighted by Gasteiger charge is 2.43. The number of aromatic nitrogens is 2. The smallest absolute Gasteiger partial charge is 0.248 e. The largest absolute Gasteiger partial charge is 0.383 e. The number of aliphatic hydroxyl groups excluding tert-OH is 1. The van der Waals surface area contributed by atoms with Gasteiger partial charge in [-0.2, -0.15) is 11.8 Å². The third-order valence-electron chi connectivity index (χ3n) is 3.57. The van der Waals surface area contributed by atoms with Crippen LogP contribution in [0.3, 0.4) is 0 Å². The van der Waals surface area contributed by atoms with Gasteiger partial charge in [0.25, 0.3) is 0 Å². The zero-order valence-corrected chi connectivity index (χ0v) is 12.0. The Hall–Kier alpha value is -1.01. The minimum atomic E-state index is -0.878. The van der Waals surface area contributed by atoms with Crippen molar-refractivity contribution in [1.82, 2.24) is 14.9 Å². The Bertz CT molecular complexity index is 404. The molecule has 1 aromatic rings.